The van der Waals surface area contributed by atoms with E-state index in [4.69, 9.17) is 22.1 Å². The number of halogens is 1. The minimum Gasteiger partial charge on any atom is -0.491 e. The van der Waals surface area contributed by atoms with Crippen molar-refractivity contribution >= 4 is 17.5 Å². The Hall–Kier alpha value is -1.30. The fourth-order valence-corrected chi connectivity index (χ4v) is 3.03. The lowest BCUT2D eigenvalue weighted by Crippen LogP contribution is -2.42. The van der Waals surface area contributed by atoms with Crippen LogP contribution in [0.5, 0.6) is 5.75 Å². The van der Waals surface area contributed by atoms with Gasteiger partial charge in [-0.25, -0.2) is 0 Å². The Labute approximate surface area is 143 Å². The van der Waals surface area contributed by atoms with Gasteiger partial charge in [0.25, 0.3) is 5.91 Å². The number of hydrogen-bond acceptors (Lipinski definition) is 4. The summed E-state index contributed by atoms with van der Waals surface area (Å²) < 4.78 is 5.62. The molecule has 0 aliphatic carbocycles. The van der Waals surface area contributed by atoms with Crippen LogP contribution in [0.25, 0.3) is 0 Å². The fraction of sp³-hybridized carbons (Fsp3) is 0.588. The van der Waals surface area contributed by atoms with Crippen molar-refractivity contribution in [2.75, 3.05) is 40.3 Å². The number of rotatable bonds is 5. The summed E-state index contributed by atoms with van der Waals surface area (Å²) in [6.45, 7) is 2.28. The number of likely N-dealkylation sites (tertiary alicyclic amines) is 1. The Bertz CT molecular complexity index is 537. The molecule has 5 nitrogen and oxygen atoms in total. The summed E-state index contributed by atoms with van der Waals surface area (Å²) >= 11 is 6.09. The lowest BCUT2D eigenvalue weighted by molar-refractivity contribution is 0.0721. The molecule has 0 spiro atoms. The highest BCUT2D eigenvalue weighted by atomic mass is 35.5. The van der Waals surface area contributed by atoms with E-state index in [0.29, 0.717) is 35.5 Å². The molecule has 1 aliphatic rings. The van der Waals surface area contributed by atoms with Gasteiger partial charge >= 0.3 is 0 Å². The first-order chi connectivity index (χ1) is 11.0. The Balaban J connectivity index is 2.22. The highest BCUT2D eigenvalue weighted by Gasteiger charge is 2.26. The second-order valence-electron chi connectivity index (χ2n) is 6.14. The zero-order chi connectivity index (χ0) is 16.8. The van der Waals surface area contributed by atoms with E-state index in [1.807, 2.05) is 4.90 Å². The largest absolute Gasteiger partial charge is 0.491 e. The van der Waals surface area contributed by atoms with Crippen molar-refractivity contribution in [3.8, 4) is 5.75 Å². The number of nitrogens with zero attached hydrogens (tertiary/aromatic N) is 2. The predicted octanol–water partition coefficient (Wildman–Crippen LogP) is 2.23. The van der Waals surface area contributed by atoms with Gasteiger partial charge in [-0.1, -0.05) is 18.0 Å². The second kappa shape index (κ2) is 8.52. The molecule has 1 atom stereocenters. The van der Waals surface area contributed by atoms with Crippen LogP contribution in [0, 0.1) is 0 Å². The Kier molecular flexibility index (Phi) is 6.69. The van der Waals surface area contributed by atoms with E-state index in [9.17, 15) is 4.79 Å². The molecule has 2 rings (SSSR count). The smallest absolute Gasteiger partial charge is 0.257 e. The van der Waals surface area contributed by atoms with E-state index in [1.165, 1.54) is 0 Å². The Morgan fingerprint density at radius 2 is 2.22 bits per heavy atom. The lowest BCUT2D eigenvalue weighted by atomic mass is 10.1. The number of benzene rings is 1. The van der Waals surface area contributed by atoms with Gasteiger partial charge in [0.15, 0.2) is 0 Å². The number of likely N-dealkylation sites (N-methyl/N-ethyl adjacent to an activating group) is 1. The summed E-state index contributed by atoms with van der Waals surface area (Å²) in [4.78, 5) is 17.1. The van der Waals surface area contributed by atoms with Gasteiger partial charge in [-0.15, -0.1) is 0 Å². The third-order valence-corrected chi connectivity index (χ3v) is 4.45. The van der Waals surface area contributed by atoms with Gasteiger partial charge in [-0.3, -0.25) is 4.79 Å². The minimum absolute atomic E-state index is 0.0201. The summed E-state index contributed by atoms with van der Waals surface area (Å²) in [5, 5.41) is 0.535. The molecule has 2 N–H and O–H groups in total. The molecular weight excluding hydrogens is 314 g/mol. The van der Waals surface area contributed by atoms with Crippen molar-refractivity contribution in [2.24, 2.45) is 5.73 Å². The van der Waals surface area contributed by atoms with Crippen LogP contribution in [0.1, 0.15) is 29.6 Å². The van der Waals surface area contributed by atoms with Crippen molar-refractivity contribution < 1.29 is 9.53 Å². The summed E-state index contributed by atoms with van der Waals surface area (Å²) in [5.74, 6) is 0.531. The highest BCUT2D eigenvalue weighted by Crippen LogP contribution is 2.26. The maximum Gasteiger partial charge on any atom is 0.257 e. The van der Waals surface area contributed by atoms with E-state index in [0.717, 1.165) is 32.4 Å². The van der Waals surface area contributed by atoms with Gasteiger partial charge in [0.05, 0.1) is 5.56 Å². The van der Waals surface area contributed by atoms with Crippen molar-refractivity contribution in [1.29, 1.82) is 0 Å². The lowest BCUT2D eigenvalue weighted by Gasteiger charge is -2.29. The van der Waals surface area contributed by atoms with Crippen molar-refractivity contribution in [3.05, 3.63) is 28.8 Å². The molecule has 0 unspecified atom stereocenters. The van der Waals surface area contributed by atoms with Crippen LogP contribution in [-0.4, -0.2) is 62.1 Å². The molecule has 1 fully saturated rings. The molecule has 1 saturated heterocycles. The van der Waals surface area contributed by atoms with Gasteiger partial charge < -0.3 is 20.3 Å². The zero-order valence-electron chi connectivity index (χ0n) is 13.9. The van der Waals surface area contributed by atoms with E-state index < -0.39 is 0 Å². The molecule has 0 radical (unpaired) electrons. The van der Waals surface area contributed by atoms with Crippen LogP contribution in [0.15, 0.2) is 18.2 Å². The molecule has 1 heterocycles. The molecule has 0 bridgehead atoms. The van der Waals surface area contributed by atoms with Crippen LogP contribution in [0.4, 0.5) is 0 Å². The molecule has 0 saturated carbocycles. The van der Waals surface area contributed by atoms with Crippen LogP contribution >= 0.6 is 11.6 Å². The Morgan fingerprint density at radius 3 is 2.91 bits per heavy atom. The van der Waals surface area contributed by atoms with E-state index in [1.54, 1.807) is 18.2 Å². The molecule has 0 aromatic heterocycles. The number of amides is 1. The average Bonchev–Trinajstić information content (AvgIpc) is 2.79. The van der Waals surface area contributed by atoms with Crippen molar-refractivity contribution in [3.63, 3.8) is 0 Å². The van der Waals surface area contributed by atoms with Crippen molar-refractivity contribution in [1.82, 2.24) is 9.80 Å². The van der Waals surface area contributed by atoms with Crippen LogP contribution in [0.3, 0.4) is 0 Å². The van der Waals surface area contributed by atoms with E-state index in [-0.39, 0.29) is 5.91 Å². The summed E-state index contributed by atoms with van der Waals surface area (Å²) in [6.07, 6.45) is 3.27. The van der Waals surface area contributed by atoms with E-state index in [2.05, 4.69) is 19.0 Å². The molecule has 1 aromatic carbocycles. The van der Waals surface area contributed by atoms with Crippen LogP contribution < -0.4 is 10.5 Å². The first-order valence-corrected chi connectivity index (χ1v) is 8.49. The fourth-order valence-electron chi connectivity index (χ4n) is 2.86. The third kappa shape index (κ3) is 4.83. The summed E-state index contributed by atoms with van der Waals surface area (Å²) in [6, 6.07) is 5.54. The summed E-state index contributed by atoms with van der Waals surface area (Å²) in [7, 11) is 4.13. The average molecular weight is 340 g/mol. The monoisotopic (exact) mass is 339 g/mol. The first-order valence-electron chi connectivity index (χ1n) is 8.11. The molecule has 6 heteroatoms. The quantitative estimate of drug-likeness (QED) is 0.893. The molecular formula is C17H26ClN3O2. The standard InChI is InChI=1S/C17H26ClN3O2/c1-20(2)14-5-3-4-9-21(12-14)17(22)15-11-13(18)6-7-16(15)23-10-8-19/h6-7,11,14H,3-5,8-10,12,19H2,1-2H3/t14-/m0/s1. The molecule has 1 aliphatic heterocycles. The number of hydrogen-bond donors (Lipinski definition) is 1. The zero-order valence-corrected chi connectivity index (χ0v) is 14.7. The van der Waals surface area contributed by atoms with Crippen molar-refractivity contribution in [2.45, 2.75) is 25.3 Å². The number of carbonyl (C=O) groups is 1. The Morgan fingerprint density at radius 1 is 1.43 bits per heavy atom. The van der Waals surface area contributed by atoms with Gasteiger partial charge in [0, 0.05) is 30.7 Å². The number of nitrogens with two attached hydrogens (primary N) is 1. The van der Waals surface area contributed by atoms with E-state index >= 15 is 0 Å². The maximum absolute atomic E-state index is 13.0. The van der Waals surface area contributed by atoms with Crippen LogP contribution in [0.2, 0.25) is 5.02 Å². The topological polar surface area (TPSA) is 58.8 Å². The van der Waals surface area contributed by atoms with Gasteiger partial charge in [-0.2, -0.15) is 0 Å². The maximum atomic E-state index is 13.0. The molecule has 23 heavy (non-hydrogen) atoms. The molecule has 1 amide bonds. The van der Waals surface area contributed by atoms with Gasteiger partial charge in [0.1, 0.15) is 12.4 Å². The molecule has 128 valence electrons. The van der Waals surface area contributed by atoms with Gasteiger partial charge in [0.2, 0.25) is 0 Å². The second-order valence-corrected chi connectivity index (χ2v) is 6.58. The first kappa shape index (κ1) is 18.0. The number of ether oxygens (including phenoxy) is 1. The number of carbonyl (C=O) groups excluding carboxylic acids is 1. The minimum atomic E-state index is -0.0201. The third-order valence-electron chi connectivity index (χ3n) is 4.21. The summed E-state index contributed by atoms with van der Waals surface area (Å²) in [5.41, 5.74) is 6.01. The molecule has 1 aromatic rings. The van der Waals surface area contributed by atoms with Crippen LogP contribution in [-0.2, 0) is 0 Å². The SMILES string of the molecule is CN(C)[C@H]1CCCCN(C(=O)c2cc(Cl)ccc2OCCN)C1. The van der Waals surface area contributed by atoms with Gasteiger partial charge in [-0.05, 0) is 45.1 Å². The predicted molar refractivity (Wildman–Crippen MR) is 93.2 cm³/mol. The normalized spacial score (nSPS) is 18.8. The highest BCUT2D eigenvalue weighted by molar-refractivity contribution is 6.31.